The first kappa shape index (κ1) is 12.6. The maximum atomic E-state index is 5.34. The maximum Gasteiger partial charge on any atom is 0.179 e. The third-order valence-corrected chi connectivity index (χ3v) is 3.76. The van der Waals surface area contributed by atoms with E-state index in [4.69, 9.17) is 12.2 Å². The Morgan fingerprint density at radius 2 is 2.24 bits per heavy atom. The molecule has 0 fully saturated rings. The second-order valence-corrected chi connectivity index (χ2v) is 5.48. The summed E-state index contributed by atoms with van der Waals surface area (Å²) in [5.74, 6) is 1.21. The van der Waals surface area contributed by atoms with Crippen LogP contribution in [-0.4, -0.2) is 26.5 Å². The standard InChI is InChI=1S/C12H17N3S2/c1-9-5-6-10-11(13-9)15(12(16)14-10)7-3-4-8-17-2/h5-6H,3-4,7-8H2,1-2H3,(H,14,16). The zero-order valence-electron chi connectivity index (χ0n) is 10.2. The molecule has 0 amide bonds. The minimum absolute atomic E-state index is 0.780. The largest absolute Gasteiger partial charge is 0.329 e. The van der Waals surface area contributed by atoms with Gasteiger partial charge in [0, 0.05) is 12.2 Å². The number of hydrogen-bond donors (Lipinski definition) is 1. The van der Waals surface area contributed by atoms with Gasteiger partial charge in [0.15, 0.2) is 10.4 Å². The Hall–Kier alpha value is -0.810. The molecule has 92 valence electrons. The number of fused-ring (bicyclic) bond motifs is 1. The second kappa shape index (κ2) is 5.69. The molecule has 0 atom stereocenters. The summed E-state index contributed by atoms with van der Waals surface area (Å²) in [6.45, 7) is 2.96. The second-order valence-electron chi connectivity index (χ2n) is 4.11. The van der Waals surface area contributed by atoms with Crippen molar-refractivity contribution in [1.29, 1.82) is 0 Å². The molecule has 3 nitrogen and oxygen atoms in total. The van der Waals surface area contributed by atoms with Crippen molar-refractivity contribution in [2.75, 3.05) is 12.0 Å². The molecule has 0 spiro atoms. The molecule has 0 unspecified atom stereocenters. The van der Waals surface area contributed by atoms with Gasteiger partial charge in [0.25, 0.3) is 0 Å². The third-order valence-electron chi connectivity index (χ3n) is 2.74. The Bertz CT molecular complexity index is 556. The molecule has 0 saturated heterocycles. The molecule has 0 aliphatic rings. The van der Waals surface area contributed by atoms with Crippen LogP contribution >= 0.6 is 24.0 Å². The Kier molecular flexibility index (Phi) is 4.23. The lowest BCUT2D eigenvalue weighted by Gasteiger charge is -2.03. The monoisotopic (exact) mass is 267 g/mol. The predicted octanol–water partition coefficient (Wildman–Crippen LogP) is 3.55. The van der Waals surface area contributed by atoms with Gasteiger partial charge in [-0.25, -0.2) is 4.98 Å². The van der Waals surface area contributed by atoms with Gasteiger partial charge >= 0.3 is 0 Å². The molecule has 2 heterocycles. The van der Waals surface area contributed by atoms with Crippen molar-refractivity contribution >= 4 is 35.1 Å². The average Bonchev–Trinajstić information content (AvgIpc) is 2.61. The smallest absolute Gasteiger partial charge is 0.179 e. The fourth-order valence-corrected chi connectivity index (χ4v) is 2.63. The first-order valence-corrected chi connectivity index (χ1v) is 7.57. The Morgan fingerprint density at radius 3 is 3.00 bits per heavy atom. The molecule has 1 N–H and O–H groups in total. The van der Waals surface area contributed by atoms with E-state index >= 15 is 0 Å². The molecule has 0 bridgehead atoms. The highest BCUT2D eigenvalue weighted by molar-refractivity contribution is 7.98. The van der Waals surface area contributed by atoms with Crippen LogP contribution in [0.2, 0.25) is 0 Å². The Balaban J connectivity index is 2.23. The van der Waals surface area contributed by atoms with Crippen LogP contribution in [0.3, 0.4) is 0 Å². The fourth-order valence-electron chi connectivity index (χ4n) is 1.85. The summed E-state index contributed by atoms with van der Waals surface area (Å²) >= 11 is 7.23. The average molecular weight is 267 g/mol. The first-order valence-electron chi connectivity index (χ1n) is 5.77. The predicted molar refractivity (Wildman–Crippen MR) is 77.3 cm³/mol. The minimum Gasteiger partial charge on any atom is -0.329 e. The highest BCUT2D eigenvalue weighted by Gasteiger charge is 2.05. The lowest BCUT2D eigenvalue weighted by Crippen LogP contribution is -2.00. The zero-order valence-corrected chi connectivity index (χ0v) is 11.8. The number of hydrogen-bond acceptors (Lipinski definition) is 3. The summed E-state index contributed by atoms with van der Waals surface area (Å²) in [5.41, 5.74) is 3.05. The van der Waals surface area contributed by atoms with Crippen LogP contribution in [0.5, 0.6) is 0 Å². The van der Waals surface area contributed by atoms with Gasteiger partial charge in [-0.05, 0) is 56.1 Å². The summed E-state index contributed by atoms with van der Waals surface area (Å²) in [7, 11) is 0. The van der Waals surface area contributed by atoms with Gasteiger partial charge in [0.2, 0.25) is 0 Å². The van der Waals surface area contributed by atoms with Gasteiger partial charge in [0.05, 0.1) is 5.52 Å². The molecular weight excluding hydrogens is 250 g/mol. The number of nitrogens with one attached hydrogen (secondary N) is 1. The van der Waals surface area contributed by atoms with E-state index in [0.29, 0.717) is 0 Å². The lowest BCUT2D eigenvalue weighted by molar-refractivity contribution is 0.638. The van der Waals surface area contributed by atoms with Gasteiger partial charge in [-0.3, -0.25) is 0 Å². The maximum absolute atomic E-state index is 5.34. The van der Waals surface area contributed by atoms with E-state index in [1.165, 1.54) is 12.2 Å². The number of thioether (sulfide) groups is 1. The number of aromatic nitrogens is 3. The van der Waals surface area contributed by atoms with Crippen molar-refractivity contribution in [3.63, 3.8) is 0 Å². The number of nitrogens with zero attached hydrogens (tertiary/aromatic N) is 2. The van der Waals surface area contributed by atoms with Crippen molar-refractivity contribution < 1.29 is 0 Å². The van der Waals surface area contributed by atoms with Crippen LogP contribution in [0.25, 0.3) is 11.2 Å². The van der Waals surface area contributed by atoms with Gasteiger partial charge < -0.3 is 9.55 Å². The molecule has 0 aliphatic carbocycles. The van der Waals surface area contributed by atoms with E-state index in [9.17, 15) is 0 Å². The highest BCUT2D eigenvalue weighted by atomic mass is 32.2. The SMILES string of the molecule is CSCCCCn1c(=S)[nH]c2ccc(C)nc21. The van der Waals surface area contributed by atoms with Crippen LogP contribution in [-0.2, 0) is 6.54 Å². The summed E-state index contributed by atoms with van der Waals surface area (Å²) in [5, 5.41) is 0. The van der Waals surface area contributed by atoms with Crippen LogP contribution in [0.1, 0.15) is 18.5 Å². The van der Waals surface area contributed by atoms with Crippen molar-refractivity contribution in [2.24, 2.45) is 0 Å². The van der Waals surface area contributed by atoms with E-state index in [0.717, 1.165) is 34.6 Å². The molecule has 2 rings (SSSR count). The topological polar surface area (TPSA) is 33.6 Å². The van der Waals surface area contributed by atoms with Crippen molar-refractivity contribution in [1.82, 2.24) is 14.5 Å². The van der Waals surface area contributed by atoms with Crippen LogP contribution < -0.4 is 0 Å². The summed E-state index contributed by atoms with van der Waals surface area (Å²) < 4.78 is 2.89. The molecule has 0 aliphatic heterocycles. The van der Waals surface area contributed by atoms with Gasteiger partial charge in [-0.2, -0.15) is 11.8 Å². The van der Waals surface area contributed by atoms with Crippen molar-refractivity contribution in [3.8, 4) is 0 Å². The molecule has 0 saturated carbocycles. The number of imidazole rings is 1. The quantitative estimate of drug-likeness (QED) is 0.664. The van der Waals surface area contributed by atoms with Crippen LogP contribution in [0.4, 0.5) is 0 Å². The highest BCUT2D eigenvalue weighted by Crippen LogP contribution is 2.13. The van der Waals surface area contributed by atoms with Gasteiger partial charge in [0.1, 0.15) is 0 Å². The fraction of sp³-hybridized carbons (Fsp3) is 0.500. The molecule has 17 heavy (non-hydrogen) atoms. The van der Waals surface area contributed by atoms with Crippen LogP contribution in [0.15, 0.2) is 12.1 Å². The number of unbranched alkanes of at least 4 members (excludes halogenated alkanes) is 1. The molecular formula is C12H17N3S2. The Labute approximate surface area is 111 Å². The van der Waals surface area contributed by atoms with E-state index in [1.54, 1.807) is 0 Å². The number of H-pyrrole nitrogens is 1. The molecule has 2 aromatic heterocycles. The first-order chi connectivity index (χ1) is 8.22. The number of aryl methyl sites for hydroxylation is 2. The van der Waals surface area contributed by atoms with E-state index in [-0.39, 0.29) is 0 Å². The van der Waals surface area contributed by atoms with Gasteiger partial charge in [-0.15, -0.1) is 0 Å². The summed E-state index contributed by atoms with van der Waals surface area (Å²) in [4.78, 5) is 7.76. The molecule has 0 radical (unpaired) electrons. The minimum atomic E-state index is 0.780. The van der Waals surface area contributed by atoms with E-state index in [1.807, 2.05) is 30.8 Å². The normalized spacial score (nSPS) is 11.2. The molecule has 5 heteroatoms. The summed E-state index contributed by atoms with van der Waals surface area (Å²) in [6, 6.07) is 4.05. The summed E-state index contributed by atoms with van der Waals surface area (Å²) in [6.07, 6.45) is 4.52. The van der Waals surface area contributed by atoms with Crippen LogP contribution in [0, 0.1) is 11.7 Å². The van der Waals surface area contributed by atoms with Crippen molar-refractivity contribution in [2.45, 2.75) is 26.3 Å². The number of pyridine rings is 1. The molecule has 2 aromatic rings. The number of rotatable bonds is 5. The lowest BCUT2D eigenvalue weighted by atomic mass is 10.3. The van der Waals surface area contributed by atoms with Crippen molar-refractivity contribution in [3.05, 3.63) is 22.6 Å². The molecule has 0 aromatic carbocycles. The zero-order chi connectivity index (χ0) is 12.3. The van der Waals surface area contributed by atoms with Gasteiger partial charge in [-0.1, -0.05) is 0 Å². The van der Waals surface area contributed by atoms with E-state index < -0.39 is 0 Å². The Morgan fingerprint density at radius 1 is 1.41 bits per heavy atom. The number of aromatic amines is 1. The third kappa shape index (κ3) is 2.90. The van der Waals surface area contributed by atoms with E-state index in [2.05, 4.69) is 20.8 Å².